The molecular weight excluding hydrogens is 386 g/mol. The third-order valence-electron chi connectivity index (χ3n) is 4.01. The number of hydrogen-bond donors (Lipinski definition) is 2. The number of aryl methyl sites for hydroxylation is 3. The number of hydrogen-bond acceptors (Lipinski definition) is 7. The molecule has 0 unspecified atom stereocenters. The maximum atomic E-state index is 11.9. The summed E-state index contributed by atoms with van der Waals surface area (Å²) in [6, 6.07) is 5.60. The lowest BCUT2D eigenvalue weighted by Crippen LogP contribution is -2.29. The Bertz CT molecular complexity index is 984. The number of nitrogens with one attached hydrogen (secondary N) is 2. The summed E-state index contributed by atoms with van der Waals surface area (Å²) in [5.41, 5.74) is 1.73. The van der Waals surface area contributed by atoms with E-state index >= 15 is 0 Å². The van der Waals surface area contributed by atoms with E-state index in [-0.39, 0.29) is 41.7 Å². The van der Waals surface area contributed by atoms with E-state index < -0.39 is 14.8 Å². The Morgan fingerprint density at radius 2 is 1.96 bits per heavy atom. The molecule has 0 atom stereocenters. The molecule has 0 saturated carbocycles. The van der Waals surface area contributed by atoms with Gasteiger partial charge in [0.05, 0.1) is 15.5 Å². The first-order valence-corrected chi connectivity index (χ1v) is 10.5. The van der Waals surface area contributed by atoms with E-state index in [4.69, 9.17) is 0 Å². The van der Waals surface area contributed by atoms with E-state index in [9.17, 15) is 23.3 Å². The standard InChI is InChI=1S/C17H23N5O5S/c1-12-10-13(2)21(20-12)9-6-17(23)19-8-7-18-15-5-4-14(28(3,26)27)11-16(15)22(24)25/h4-5,10-11,18H,6-9H2,1-3H3,(H,19,23). The molecule has 1 amide bonds. The van der Waals surface area contributed by atoms with Crippen LogP contribution in [0.2, 0.25) is 0 Å². The zero-order valence-corrected chi connectivity index (χ0v) is 16.7. The first-order valence-electron chi connectivity index (χ1n) is 8.58. The van der Waals surface area contributed by atoms with Crippen LogP contribution < -0.4 is 10.6 Å². The van der Waals surface area contributed by atoms with Gasteiger partial charge in [-0.1, -0.05) is 0 Å². The number of benzene rings is 1. The Morgan fingerprint density at radius 3 is 2.54 bits per heavy atom. The van der Waals surface area contributed by atoms with E-state index in [2.05, 4.69) is 15.7 Å². The van der Waals surface area contributed by atoms with Crippen LogP contribution in [0, 0.1) is 24.0 Å². The van der Waals surface area contributed by atoms with E-state index in [1.165, 1.54) is 12.1 Å². The van der Waals surface area contributed by atoms with Gasteiger partial charge in [-0.3, -0.25) is 19.6 Å². The minimum Gasteiger partial charge on any atom is -0.378 e. The van der Waals surface area contributed by atoms with Crippen molar-refractivity contribution in [3.05, 3.63) is 45.8 Å². The van der Waals surface area contributed by atoms with Crippen molar-refractivity contribution in [2.24, 2.45) is 0 Å². The topological polar surface area (TPSA) is 136 Å². The van der Waals surface area contributed by atoms with Crippen molar-refractivity contribution < 1.29 is 18.1 Å². The quantitative estimate of drug-likeness (QED) is 0.363. The van der Waals surface area contributed by atoms with Crippen LogP contribution in [0.4, 0.5) is 11.4 Å². The molecule has 28 heavy (non-hydrogen) atoms. The molecule has 2 N–H and O–H groups in total. The molecule has 1 aromatic carbocycles. The lowest BCUT2D eigenvalue weighted by Gasteiger charge is -2.10. The number of aromatic nitrogens is 2. The molecule has 0 bridgehead atoms. The molecule has 0 radical (unpaired) electrons. The molecule has 1 aromatic heterocycles. The molecule has 0 fully saturated rings. The van der Waals surface area contributed by atoms with Crippen LogP contribution in [0.5, 0.6) is 0 Å². The first-order chi connectivity index (χ1) is 13.1. The zero-order valence-electron chi connectivity index (χ0n) is 15.9. The molecule has 0 aliphatic carbocycles. The minimum atomic E-state index is -3.54. The van der Waals surface area contributed by atoms with Gasteiger partial charge in [0.2, 0.25) is 5.91 Å². The zero-order chi connectivity index (χ0) is 20.9. The van der Waals surface area contributed by atoms with Gasteiger partial charge in [-0.25, -0.2) is 8.42 Å². The smallest absolute Gasteiger partial charge is 0.293 e. The third kappa shape index (κ3) is 5.78. The summed E-state index contributed by atoms with van der Waals surface area (Å²) in [7, 11) is -3.54. The Balaban J connectivity index is 1.85. The fraction of sp³-hybridized carbons (Fsp3) is 0.412. The number of carbonyl (C=O) groups is 1. The maximum absolute atomic E-state index is 11.9. The second-order valence-corrected chi connectivity index (χ2v) is 8.40. The third-order valence-corrected chi connectivity index (χ3v) is 5.12. The van der Waals surface area contributed by atoms with Gasteiger partial charge in [-0.15, -0.1) is 0 Å². The fourth-order valence-electron chi connectivity index (χ4n) is 2.64. The average Bonchev–Trinajstić information content (AvgIpc) is 2.93. The molecule has 0 aliphatic rings. The Labute approximate surface area is 163 Å². The van der Waals surface area contributed by atoms with Crippen molar-refractivity contribution in [3.63, 3.8) is 0 Å². The number of carbonyl (C=O) groups excluding carboxylic acids is 1. The number of nitro groups is 1. The summed E-state index contributed by atoms with van der Waals surface area (Å²) < 4.78 is 24.9. The summed E-state index contributed by atoms with van der Waals surface area (Å²) in [5, 5.41) is 21.0. The monoisotopic (exact) mass is 409 g/mol. The van der Waals surface area contributed by atoms with Gasteiger partial charge in [0.15, 0.2) is 9.84 Å². The van der Waals surface area contributed by atoms with Gasteiger partial charge in [0, 0.05) is 44.1 Å². The molecule has 10 nitrogen and oxygen atoms in total. The first kappa shape index (κ1) is 21.4. The maximum Gasteiger partial charge on any atom is 0.293 e. The highest BCUT2D eigenvalue weighted by Gasteiger charge is 2.18. The van der Waals surface area contributed by atoms with E-state index in [0.29, 0.717) is 6.54 Å². The summed E-state index contributed by atoms with van der Waals surface area (Å²) >= 11 is 0. The highest BCUT2D eigenvalue weighted by atomic mass is 32.2. The van der Waals surface area contributed by atoms with Gasteiger partial charge < -0.3 is 10.6 Å². The average molecular weight is 409 g/mol. The second kappa shape index (κ2) is 8.83. The number of sulfone groups is 1. The van der Waals surface area contributed by atoms with Gasteiger partial charge in [-0.2, -0.15) is 5.10 Å². The molecule has 0 saturated heterocycles. The number of amides is 1. The molecule has 152 valence electrons. The normalized spacial score (nSPS) is 11.2. The van der Waals surface area contributed by atoms with Crippen LogP contribution in [0.1, 0.15) is 17.8 Å². The van der Waals surface area contributed by atoms with Crippen molar-refractivity contribution in [2.45, 2.75) is 31.7 Å². The molecule has 0 spiro atoms. The number of nitro benzene ring substituents is 1. The van der Waals surface area contributed by atoms with Crippen LogP contribution in [0.3, 0.4) is 0 Å². The molecule has 1 heterocycles. The summed E-state index contributed by atoms with van der Waals surface area (Å²) in [4.78, 5) is 22.3. The van der Waals surface area contributed by atoms with E-state index in [0.717, 1.165) is 23.7 Å². The lowest BCUT2D eigenvalue weighted by molar-refractivity contribution is -0.384. The fourth-order valence-corrected chi connectivity index (χ4v) is 3.28. The van der Waals surface area contributed by atoms with E-state index in [1.807, 2.05) is 19.9 Å². The Morgan fingerprint density at radius 1 is 1.25 bits per heavy atom. The molecule has 2 aromatic rings. The number of anilines is 1. The van der Waals surface area contributed by atoms with Gasteiger partial charge in [-0.05, 0) is 32.0 Å². The van der Waals surface area contributed by atoms with Gasteiger partial charge in [0.1, 0.15) is 5.69 Å². The summed E-state index contributed by atoms with van der Waals surface area (Å²) in [6.45, 7) is 4.80. The van der Waals surface area contributed by atoms with E-state index in [1.54, 1.807) is 4.68 Å². The molecule has 2 rings (SSSR count). The van der Waals surface area contributed by atoms with Crippen molar-refractivity contribution in [2.75, 3.05) is 24.7 Å². The Hall–Kier alpha value is -2.95. The van der Waals surface area contributed by atoms with Crippen molar-refractivity contribution in [1.29, 1.82) is 0 Å². The predicted molar refractivity (Wildman–Crippen MR) is 104 cm³/mol. The summed E-state index contributed by atoms with van der Waals surface area (Å²) in [5.74, 6) is -0.156. The van der Waals surface area contributed by atoms with Crippen LogP contribution in [-0.4, -0.2) is 48.4 Å². The minimum absolute atomic E-state index is 0.123. The highest BCUT2D eigenvalue weighted by Crippen LogP contribution is 2.27. The highest BCUT2D eigenvalue weighted by molar-refractivity contribution is 7.90. The van der Waals surface area contributed by atoms with Crippen LogP contribution >= 0.6 is 0 Å². The number of rotatable bonds is 9. The van der Waals surface area contributed by atoms with Gasteiger partial charge in [0.25, 0.3) is 5.69 Å². The second-order valence-electron chi connectivity index (χ2n) is 6.39. The Kier molecular flexibility index (Phi) is 6.73. The van der Waals surface area contributed by atoms with Crippen molar-refractivity contribution in [1.82, 2.24) is 15.1 Å². The molecular formula is C17H23N5O5S. The van der Waals surface area contributed by atoms with Crippen LogP contribution in [0.15, 0.2) is 29.2 Å². The van der Waals surface area contributed by atoms with Crippen LogP contribution in [0.25, 0.3) is 0 Å². The largest absolute Gasteiger partial charge is 0.378 e. The van der Waals surface area contributed by atoms with Gasteiger partial charge >= 0.3 is 0 Å². The number of nitrogens with zero attached hydrogens (tertiary/aromatic N) is 3. The summed E-state index contributed by atoms with van der Waals surface area (Å²) in [6.07, 6.45) is 1.26. The molecule has 0 aliphatic heterocycles. The van der Waals surface area contributed by atoms with Crippen molar-refractivity contribution in [3.8, 4) is 0 Å². The SMILES string of the molecule is Cc1cc(C)n(CCC(=O)NCCNc2ccc(S(C)(=O)=O)cc2[N+](=O)[O-])n1. The van der Waals surface area contributed by atoms with Crippen molar-refractivity contribution >= 4 is 27.1 Å². The predicted octanol–water partition coefficient (Wildman–Crippen LogP) is 1.43. The molecule has 11 heteroatoms. The van der Waals surface area contributed by atoms with Crippen LogP contribution in [-0.2, 0) is 21.2 Å². The lowest BCUT2D eigenvalue weighted by atomic mass is 10.2.